The predicted octanol–water partition coefficient (Wildman–Crippen LogP) is 3.81. The summed E-state index contributed by atoms with van der Waals surface area (Å²) in [6.07, 6.45) is 3.23. The van der Waals surface area contributed by atoms with E-state index in [0.717, 1.165) is 19.3 Å². The number of nitro benzene ring substituents is 1. The lowest BCUT2D eigenvalue weighted by Gasteiger charge is -2.05. The number of thiophene rings is 1. The average molecular weight is 317 g/mol. The molecule has 0 fully saturated rings. The van der Waals surface area contributed by atoms with Gasteiger partial charge in [-0.3, -0.25) is 10.1 Å². The maximum atomic E-state index is 12.1. The Hall–Kier alpha value is -2.21. The molecule has 0 amide bonds. The van der Waals surface area contributed by atoms with Crippen LogP contribution in [0.15, 0.2) is 24.3 Å². The molecule has 1 aromatic carbocycles. The summed E-state index contributed by atoms with van der Waals surface area (Å²) in [5.74, 6) is -0.359. The van der Waals surface area contributed by atoms with Crippen LogP contribution in [0.1, 0.15) is 37.7 Å². The molecule has 1 heterocycles. The quantitative estimate of drug-likeness (QED) is 0.488. The van der Waals surface area contributed by atoms with Crippen molar-refractivity contribution in [1.82, 2.24) is 0 Å². The third-order valence-electron chi connectivity index (χ3n) is 3.79. The van der Waals surface area contributed by atoms with Gasteiger partial charge in [0.25, 0.3) is 5.69 Å². The van der Waals surface area contributed by atoms with E-state index in [-0.39, 0.29) is 18.3 Å². The van der Waals surface area contributed by atoms with E-state index in [1.807, 2.05) is 6.07 Å². The zero-order valence-electron chi connectivity index (χ0n) is 12.1. The van der Waals surface area contributed by atoms with Crippen LogP contribution in [-0.2, 0) is 24.2 Å². The Bertz CT molecular complexity index is 729. The van der Waals surface area contributed by atoms with Crippen LogP contribution < -0.4 is 0 Å². The van der Waals surface area contributed by atoms with Crippen molar-refractivity contribution in [3.8, 4) is 0 Å². The fraction of sp³-hybridized carbons (Fsp3) is 0.312. The van der Waals surface area contributed by atoms with Gasteiger partial charge in [-0.25, -0.2) is 4.79 Å². The van der Waals surface area contributed by atoms with Crippen LogP contribution in [0.2, 0.25) is 0 Å². The third kappa shape index (κ3) is 2.87. The Morgan fingerprint density at radius 2 is 2.18 bits per heavy atom. The first kappa shape index (κ1) is 14.7. The van der Waals surface area contributed by atoms with E-state index in [4.69, 9.17) is 4.74 Å². The zero-order chi connectivity index (χ0) is 15.7. The van der Waals surface area contributed by atoms with Crippen molar-refractivity contribution < 1.29 is 14.5 Å². The van der Waals surface area contributed by atoms with Crippen molar-refractivity contribution in [2.45, 2.75) is 32.8 Å². The monoisotopic (exact) mass is 317 g/mol. The summed E-state index contributed by atoms with van der Waals surface area (Å²) in [5.41, 5.74) is 2.51. The number of hydrogen-bond acceptors (Lipinski definition) is 5. The number of nitro groups is 1. The molecule has 0 saturated carbocycles. The van der Waals surface area contributed by atoms with Crippen molar-refractivity contribution in [3.05, 3.63) is 60.8 Å². The Labute approximate surface area is 131 Å². The number of fused-ring (bicyclic) bond motifs is 1. The minimum atomic E-state index is -0.426. The van der Waals surface area contributed by atoms with Crippen molar-refractivity contribution in [2.75, 3.05) is 0 Å². The van der Waals surface area contributed by atoms with E-state index in [2.05, 4.69) is 0 Å². The second-order valence-corrected chi connectivity index (χ2v) is 6.50. The van der Waals surface area contributed by atoms with Crippen molar-refractivity contribution in [1.29, 1.82) is 0 Å². The SMILES string of the molecule is Cc1ccc(COC(=O)c2cc3c(s2)CCC3)cc1[N+](=O)[O-]. The number of benzene rings is 1. The smallest absolute Gasteiger partial charge is 0.348 e. The van der Waals surface area contributed by atoms with E-state index < -0.39 is 4.92 Å². The van der Waals surface area contributed by atoms with Gasteiger partial charge in [0.15, 0.2) is 0 Å². The summed E-state index contributed by atoms with van der Waals surface area (Å²) < 4.78 is 5.27. The predicted molar refractivity (Wildman–Crippen MR) is 83.3 cm³/mol. The first-order valence-corrected chi connectivity index (χ1v) is 7.89. The lowest BCUT2D eigenvalue weighted by Crippen LogP contribution is -2.04. The highest BCUT2D eigenvalue weighted by molar-refractivity contribution is 7.14. The van der Waals surface area contributed by atoms with Crippen molar-refractivity contribution in [3.63, 3.8) is 0 Å². The molecule has 0 bridgehead atoms. The number of hydrogen-bond donors (Lipinski definition) is 0. The first-order valence-electron chi connectivity index (χ1n) is 7.07. The molecule has 6 heteroatoms. The van der Waals surface area contributed by atoms with Gasteiger partial charge in [-0.2, -0.15) is 0 Å². The lowest BCUT2D eigenvalue weighted by molar-refractivity contribution is -0.385. The Morgan fingerprint density at radius 3 is 2.91 bits per heavy atom. The minimum absolute atomic E-state index is 0.0442. The molecule has 0 radical (unpaired) electrons. The molecule has 0 saturated heterocycles. The van der Waals surface area contributed by atoms with Crippen LogP contribution in [-0.4, -0.2) is 10.9 Å². The fourth-order valence-electron chi connectivity index (χ4n) is 2.59. The van der Waals surface area contributed by atoms with E-state index >= 15 is 0 Å². The molecule has 5 nitrogen and oxygen atoms in total. The van der Waals surface area contributed by atoms with Crippen LogP contribution in [0.25, 0.3) is 0 Å². The molecule has 22 heavy (non-hydrogen) atoms. The van der Waals surface area contributed by atoms with Crippen LogP contribution in [0.4, 0.5) is 5.69 Å². The molecule has 0 unspecified atom stereocenters. The normalized spacial score (nSPS) is 13.0. The van der Waals surface area contributed by atoms with Crippen molar-refractivity contribution in [2.24, 2.45) is 0 Å². The molecule has 0 aliphatic heterocycles. The summed E-state index contributed by atoms with van der Waals surface area (Å²) in [5, 5.41) is 10.9. The van der Waals surface area contributed by atoms with E-state index in [9.17, 15) is 14.9 Å². The second kappa shape index (κ2) is 5.88. The number of carbonyl (C=O) groups excluding carboxylic acids is 1. The molecule has 1 aliphatic carbocycles. The van der Waals surface area contributed by atoms with Crippen LogP contribution >= 0.6 is 11.3 Å². The van der Waals surface area contributed by atoms with E-state index in [0.29, 0.717) is 16.0 Å². The molecule has 0 atom stereocenters. The van der Waals surface area contributed by atoms with Gasteiger partial charge in [0.2, 0.25) is 0 Å². The largest absolute Gasteiger partial charge is 0.457 e. The van der Waals surface area contributed by atoms with Crippen LogP contribution in [0.3, 0.4) is 0 Å². The molecular formula is C16H15NO4S. The minimum Gasteiger partial charge on any atom is -0.457 e. The third-order valence-corrected chi connectivity index (χ3v) is 5.01. The summed E-state index contributed by atoms with van der Waals surface area (Å²) in [7, 11) is 0. The van der Waals surface area contributed by atoms with Gasteiger partial charge in [-0.15, -0.1) is 11.3 Å². The van der Waals surface area contributed by atoms with Crippen LogP contribution in [0.5, 0.6) is 0 Å². The van der Waals surface area contributed by atoms with Gasteiger partial charge < -0.3 is 4.74 Å². The van der Waals surface area contributed by atoms with E-state index in [1.165, 1.54) is 27.8 Å². The highest BCUT2D eigenvalue weighted by Crippen LogP contribution is 2.31. The van der Waals surface area contributed by atoms with Crippen LogP contribution in [0, 0.1) is 17.0 Å². The first-order chi connectivity index (χ1) is 10.5. The summed E-state index contributed by atoms with van der Waals surface area (Å²) in [4.78, 5) is 24.4. The van der Waals surface area contributed by atoms with Crippen molar-refractivity contribution >= 4 is 23.0 Å². The number of carbonyl (C=O) groups is 1. The Kier molecular flexibility index (Phi) is 3.94. The molecule has 1 aromatic heterocycles. The van der Waals surface area contributed by atoms with Gasteiger partial charge in [0, 0.05) is 16.5 Å². The topological polar surface area (TPSA) is 69.4 Å². The average Bonchev–Trinajstić information content (AvgIpc) is 3.07. The summed E-state index contributed by atoms with van der Waals surface area (Å²) >= 11 is 1.49. The zero-order valence-corrected chi connectivity index (χ0v) is 12.9. The molecule has 1 aliphatic rings. The molecular weight excluding hydrogens is 302 g/mol. The molecule has 0 N–H and O–H groups in total. The maximum absolute atomic E-state index is 12.1. The maximum Gasteiger partial charge on any atom is 0.348 e. The Balaban J connectivity index is 1.68. The number of rotatable bonds is 4. The van der Waals surface area contributed by atoms with E-state index in [1.54, 1.807) is 19.1 Å². The van der Waals surface area contributed by atoms with Gasteiger partial charge in [0.05, 0.1) is 4.92 Å². The second-order valence-electron chi connectivity index (χ2n) is 5.37. The fourth-order valence-corrected chi connectivity index (χ4v) is 3.74. The highest BCUT2D eigenvalue weighted by atomic mass is 32.1. The van der Waals surface area contributed by atoms with Gasteiger partial charge in [-0.05, 0) is 43.4 Å². The summed E-state index contributed by atoms with van der Waals surface area (Å²) in [6, 6.07) is 6.77. The number of aryl methyl sites for hydroxylation is 3. The molecule has 3 rings (SSSR count). The van der Waals surface area contributed by atoms with Gasteiger partial charge in [-0.1, -0.05) is 12.1 Å². The number of nitrogens with zero attached hydrogens (tertiary/aromatic N) is 1. The number of ether oxygens (including phenoxy) is 1. The summed E-state index contributed by atoms with van der Waals surface area (Å²) in [6.45, 7) is 1.73. The van der Waals surface area contributed by atoms with Gasteiger partial charge in [0.1, 0.15) is 11.5 Å². The van der Waals surface area contributed by atoms with Gasteiger partial charge >= 0.3 is 5.97 Å². The number of esters is 1. The lowest BCUT2D eigenvalue weighted by atomic mass is 10.1. The highest BCUT2D eigenvalue weighted by Gasteiger charge is 2.19. The standard InChI is InChI=1S/C16H15NO4S/c1-10-5-6-11(7-13(10)17(19)20)9-21-16(18)15-8-12-3-2-4-14(12)22-15/h5-8H,2-4,9H2,1H3. The molecule has 114 valence electrons. The Morgan fingerprint density at radius 1 is 1.36 bits per heavy atom. The molecule has 0 spiro atoms. The molecule has 2 aromatic rings.